The van der Waals surface area contributed by atoms with Gasteiger partial charge >= 0.3 is 6.01 Å². The minimum atomic E-state index is -0.205. The minimum Gasteiger partial charge on any atom is -0.508 e. The van der Waals surface area contributed by atoms with E-state index in [4.69, 9.17) is 14.2 Å². The molecular formula is C36H37N7O6. The molecule has 0 atom stereocenters. The highest BCUT2D eigenvalue weighted by Gasteiger charge is 2.11. The molecule has 0 saturated carbocycles. The van der Waals surface area contributed by atoms with Crippen LogP contribution in [0.2, 0.25) is 0 Å². The molecule has 1 heterocycles. The zero-order valence-electron chi connectivity index (χ0n) is 26.7. The summed E-state index contributed by atoms with van der Waals surface area (Å²) in [5.41, 5.74) is 2.74. The topological polar surface area (TPSA) is 169 Å². The largest absolute Gasteiger partial charge is 0.508 e. The second-order valence-electron chi connectivity index (χ2n) is 10.5. The Labute approximate surface area is 283 Å². The van der Waals surface area contributed by atoms with Gasteiger partial charge in [0.05, 0.1) is 26.4 Å². The first-order chi connectivity index (χ1) is 24.0. The van der Waals surface area contributed by atoms with E-state index in [1.165, 1.54) is 0 Å². The average molecular weight is 664 g/mol. The van der Waals surface area contributed by atoms with Gasteiger partial charge in [0.2, 0.25) is 11.9 Å². The van der Waals surface area contributed by atoms with Crippen molar-refractivity contribution in [1.82, 2.24) is 25.6 Å². The summed E-state index contributed by atoms with van der Waals surface area (Å²) in [4.78, 5) is 37.8. The van der Waals surface area contributed by atoms with Crippen LogP contribution >= 0.6 is 0 Å². The number of nitrogens with zero attached hydrogens (tertiary/aromatic N) is 3. The van der Waals surface area contributed by atoms with Crippen molar-refractivity contribution in [1.29, 1.82) is 0 Å². The summed E-state index contributed by atoms with van der Waals surface area (Å²) < 4.78 is 17.1. The van der Waals surface area contributed by atoms with E-state index in [1.54, 1.807) is 60.7 Å². The van der Waals surface area contributed by atoms with Gasteiger partial charge in [-0.25, -0.2) is 0 Å². The van der Waals surface area contributed by atoms with Crippen LogP contribution in [0.1, 0.15) is 26.3 Å². The summed E-state index contributed by atoms with van der Waals surface area (Å²) in [6.45, 7) is 2.67. The molecule has 0 unspecified atom stereocenters. The maximum Gasteiger partial charge on any atom is 0.328 e. The van der Waals surface area contributed by atoms with Crippen molar-refractivity contribution in [2.24, 2.45) is 0 Å². The summed E-state index contributed by atoms with van der Waals surface area (Å²) in [5, 5.41) is 21.5. The smallest absolute Gasteiger partial charge is 0.328 e. The first kappa shape index (κ1) is 34.3. The molecule has 0 bridgehead atoms. The molecule has 2 amide bonds. The van der Waals surface area contributed by atoms with E-state index in [1.807, 2.05) is 48.5 Å². The molecule has 49 heavy (non-hydrogen) atoms. The third-order valence-electron chi connectivity index (χ3n) is 6.83. The summed E-state index contributed by atoms with van der Waals surface area (Å²) >= 11 is 0. The number of phenols is 1. The highest BCUT2D eigenvalue weighted by Crippen LogP contribution is 2.23. The Bertz CT molecular complexity index is 1760. The van der Waals surface area contributed by atoms with Crippen molar-refractivity contribution in [3.05, 3.63) is 126 Å². The predicted octanol–water partition coefficient (Wildman–Crippen LogP) is 4.92. The molecule has 0 spiro atoms. The Morgan fingerprint density at radius 1 is 0.612 bits per heavy atom. The van der Waals surface area contributed by atoms with Crippen LogP contribution in [-0.4, -0.2) is 71.4 Å². The molecule has 4 aromatic carbocycles. The van der Waals surface area contributed by atoms with Gasteiger partial charge in [0.15, 0.2) is 0 Å². The summed E-state index contributed by atoms with van der Waals surface area (Å²) in [5.74, 6) is 0.668. The second-order valence-corrected chi connectivity index (χ2v) is 10.5. The highest BCUT2D eigenvalue weighted by molar-refractivity contribution is 5.94. The number of hydrogen-bond donors (Lipinski definition) is 5. The Morgan fingerprint density at radius 2 is 1.22 bits per heavy atom. The number of nitrogens with one attached hydrogen (secondary N) is 4. The van der Waals surface area contributed by atoms with Crippen LogP contribution in [0.15, 0.2) is 109 Å². The summed E-state index contributed by atoms with van der Waals surface area (Å²) in [6, 6.07) is 31.8. The minimum absolute atomic E-state index is 0.0220. The van der Waals surface area contributed by atoms with E-state index in [-0.39, 0.29) is 35.5 Å². The number of amides is 2. The number of carbonyl (C=O) groups is 2. The van der Waals surface area contributed by atoms with E-state index in [0.29, 0.717) is 68.6 Å². The molecule has 0 aliphatic rings. The zero-order valence-corrected chi connectivity index (χ0v) is 26.7. The number of ether oxygens (including phenoxy) is 3. The van der Waals surface area contributed by atoms with Crippen LogP contribution < -0.4 is 26.0 Å². The number of aromatic nitrogens is 3. The molecule has 13 heteroatoms. The van der Waals surface area contributed by atoms with Crippen molar-refractivity contribution < 1.29 is 28.9 Å². The zero-order chi connectivity index (χ0) is 34.1. The second kappa shape index (κ2) is 18.3. The van der Waals surface area contributed by atoms with Crippen LogP contribution in [0.4, 0.5) is 17.6 Å². The van der Waals surface area contributed by atoms with Gasteiger partial charge in [-0.3, -0.25) is 9.59 Å². The van der Waals surface area contributed by atoms with Crippen LogP contribution in [-0.2, 0) is 16.0 Å². The van der Waals surface area contributed by atoms with Gasteiger partial charge in [-0.2, -0.15) is 15.0 Å². The van der Waals surface area contributed by atoms with Crippen molar-refractivity contribution >= 4 is 29.4 Å². The van der Waals surface area contributed by atoms with E-state index >= 15 is 0 Å². The molecule has 1 aromatic heterocycles. The average Bonchev–Trinajstić information content (AvgIpc) is 3.13. The molecule has 5 aromatic rings. The van der Waals surface area contributed by atoms with E-state index in [0.717, 1.165) is 5.56 Å². The third kappa shape index (κ3) is 11.6. The molecule has 0 aliphatic heterocycles. The Hall–Kier alpha value is -6.05. The molecular weight excluding hydrogens is 626 g/mol. The molecule has 0 fully saturated rings. The first-order valence-electron chi connectivity index (χ1n) is 15.7. The number of aromatic hydroxyl groups is 1. The Morgan fingerprint density at radius 3 is 1.94 bits per heavy atom. The van der Waals surface area contributed by atoms with Gasteiger partial charge in [0, 0.05) is 36.4 Å². The fraction of sp³-hybridized carbons (Fsp3) is 0.194. The van der Waals surface area contributed by atoms with Crippen LogP contribution in [0.25, 0.3) is 0 Å². The van der Waals surface area contributed by atoms with E-state index in [9.17, 15) is 14.7 Å². The molecule has 0 saturated heterocycles. The SMILES string of the molecule is O=C(NCCOCCOCCNc1nc(Nc2ccc(O)cc2)nc(Oc2ccc(C(=O)NCc3ccccc3)cc2)n1)c1ccccc1. The van der Waals surface area contributed by atoms with Gasteiger partial charge in [-0.05, 0) is 66.2 Å². The maximum absolute atomic E-state index is 12.6. The maximum atomic E-state index is 12.6. The lowest BCUT2D eigenvalue weighted by atomic mass is 10.2. The monoisotopic (exact) mass is 663 g/mol. The van der Waals surface area contributed by atoms with Gasteiger partial charge in [0.1, 0.15) is 11.5 Å². The number of rotatable bonds is 18. The molecule has 5 N–H and O–H groups in total. The normalized spacial score (nSPS) is 10.6. The van der Waals surface area contributed by atoms with Gasteiger partial charge < -0.3 is 40.6 Å². The van der Waals surface area contributed by atoms with Gasteiger partial charge in [-0.1, -0.05) is 48.5 Å². The molecule has 13 nitrogen and oxygen atoms in total. The summed E-state index contributed by atoms with van der Waals surface area (Å²) in [7, 11) is 0. The van der Waals surface area contributed by atoms with Gasteiger partial charge in [0.25, 0.3) is 11.8 Å². The van der Waals surface area contributed by atoms with Gasteiger partial charge in [-0.15, -0.1) is 0 Å². The summed E-state index contributed by atoms with van der Waals surface area (Å²) in [6.07, 6.45) is 0. The predicted molar refractivity (Wildman–Crippen MR) is 184 cm³/mol. The number of phenolic OH excluding ortho intramolecular Hbond substituents is 1. The van der Waals surface area contributed by atoms with Crippen molar-refractivity contribution in [3.63, 3.8) is 0 Å². The number of hydrogen-bond acceptors (Lipinski definition) is 11. The lowest BCUT2D eigenvalue weighted by Crippen LogP contribution is -2.27. The fourth-order valence-electron chi connectivity index (χ4n) is 4.36. The van der Waals surface area contributed by atoms with Crippen molar-refractivity contribution in [3.8, 4) is 17.5 Å². The molecule has 5 rings (SSSR count). The standard InChI is InChI=1S/C36H37N7O6/c44-30-15-13-29(14-16-30)40-35-41-34(38-20-22-48-24-23-47-21-19-37-32(45)27-9-5-2-6-10-27)42-36(43-35)49-31-17-11-28(12-18-31)33(46)39-25-26-7-3-1-4-8-26/h1-18,44H,19-25H2,(H,37,45)(H,39,46)(H2,38,40,41,42,43). The number of benzene rings is 4. The van der Waals surface area contributed by atoms with Crippen LogP contribution in [0.5, 0.6) is 17.5 Å². The molecule has 0 aliphatic carbocycles. The van der Waals surface area contributed by atoms with Crippen molar-refractivity contribution in [2.45, 2.75) is 6.54 Å². The lowest BCUT2D eigenvalue weighted by molar-refractivity contribution is 0.0519. The van der Waals surface area contributed by atoms with Crippen LogP contribution in [0, 0.1) is 0 Å². The Kier molecular flexibility index (Phi) is 12.8. The molecule has 0 radical (unpaired) electrons. The highest BCUT2D eigenvalue weighted by atomic mass is 16.5. The number of anilines is 3. The van der Waals surface area contributed by atoms with Crippen LogP contribution in [0.3, 0.4) is 0 Å². The quantitative estimate of drug-likeness (QED) is 0.0638. The van der Waals surface area contributed by atoms with E-state index < -0.39 is 0 Å². The lowest BCUT2D eigenvalue weighted by Gasteiger charge is -2.12. The van der Waals surface area contributed by atoms with E-state index in [2.05, 4.69) is 36.2 Å². The Balaban J connectivity index is 1.09. The first-order valence-corrected chi connectivity index (χ1v) is 15.7. The molecule has 252 valence electrons. The number of carbonyl (C=O) groups excluding carboxylic acids is 2. The third-order valence-corrected chi connectivity index (χ3v) is 6.83. The fourth-order valence-corrected chi connectivity index (χ4v) is 4.36. The van der Waals surface area contributed by atoms with Crippen molar-refractivity contribution in [2.75, 3.05) is 50.2 Å².